The molecule has 1 aliphatic heterocycles. The van der Waals surface area contributed by atoms with Crippen LogP contribution in [0.1, 0.15) is 30.5 Å². The van der Waals surface area contributed by atoms with Crippen LogP contribution in [0, 0.1) is 0 Å². The molecule has 2 amide bonds. The van der Waals surface area contributed by atoms with Crippen molar-refractivity contribution < 1.29 is 19.1 Å². The second kappa shape index (κ2) is 10.4. The molecule has 0 saturated carbocycles. The van der Waals surface area contributed by atoms with Crippen molar-refractivity contribution in [2.45, 2.75) is 19.4 Å². The number of rotatable bonds is 8. The van der Waals surface area contributed by atoms with Crippen LogP contribution in [0.3, 0.4) is 0 Å². The van der Waals surface area contributed by atoms with Crippen molar-refractivity contribution in [1.29, 1.82) is 0 Å². The van der Waals surface area contributed by atoms with Gasteiger partial charge in [-0.2, -0.15) is 5.10 Å². The highest BCUT2D eigenvalue weighted by molar-refractivity contribution is 6.31. The molecule has 0 fully saturated rings. The van der Waals surface area contributed by atoms with E-state index in [0.29, 0.717) is 30.3 Å². The lowest BCUT2D eigenvalue weighted by Crippen LogP contribution is -2.41. The van der Waals surface area contributed by atoms with Crippen LogP contribution in [0.5, 0.6) is 5.75 Å². The first-order valence-electron chi connectivity index (χ1n) is 9.97. The first-order chi connectivity index (χ1) is 14.9. The number of halogens is 1. The molecule has 0 saturated heterocycles. The van der Waals surface area contributed by atoms with Gasteiger partial charge in [0.25, 0.3) is 5.91 Å². The molecule has 31 heavy (non-hydrogen) atoms. The maximum Gasteiger partial charge on any atom is 0.262 e. The molecule has 0 N–H and O–H groups in total. The topological polar surface area (TPSA) is 71.4 Å². The van der Waals surface area contributed by atoms with Gasteiger partial charge < -0.3 is 14.4 Å². The van der Waals surface area contributed by atoms with Gasteiger partial charge in [-0.25, -0.2) is 5.01 Å². The first-order valence-corrected chi connectivity index (χ1v) is 10.3. The fraction of sp³-hybridized carbons (Fsp3) is 0.348. The van der Waals surface area contributed by atoms with Crippen LogP contribution in [0.15, 0.2) is 53.6 Å². The van der Waals surface area contributed by atoms with E-state index in [9.17, 15) is 9.59 Å². The highest BCUT2D eigenvalue weighted by Gasteiger charge is 2.35. The molecular formula is C23H26ClN3O4. The molecule has 2 aromatic rings. The lowest BCUT2D eigenvalue weighted by Gasteiger charge is -2.26. The average molecular weight is 444 g/mol. The molecule has 0 bridgehead atoms. The van der Waals surface area contributed by atoms with E-state index in [1.165, 1.54) is 16.8 Å². The molecule has 164 valence electrons. The third kappa shape index (κ3) is 5.42. The fourth-order valence-corrected chi connectivity index (χ4v) is 3.75. The number of carbonyl (C=O) groups is 2. The molecule has 7 nitrogen and oxygen atoms in total. The number of hydrazone groups is 1. The molecule has 0 spiro atoms. The normalized spacial score (nSPS) is 15.5. The maximum absolute atomic E-state index is 13.2. The van der Waals surface area contributed by atoms with Gasteiger partial charge >= 0.3 is 0 Å². The fourth-order valence-electron chi connectivity index (χ4n) is 3.49. The maximum atomic E-state index is 13.2. The van der Waals surface area contributed by atoms with E-state index < -0.39 is 0 Å². The van der Waals surface area contributed by atoms with Gasteiger partial charge in [0.2, 0.25) is 5.91 Å². The number of hydrogen-bond donors (Lipinski definition) is 0. The molecule has 1 atom stereocenters. The lowest BCUT2D eigenvalue weighted by molar-refractivity contribution is -0.141. The Kier molecular flexibility index (Phi) is 7.65. The molecule has 2 aromatic carbocycles. The van der Waals surface area contributed by atoms with Crippen molar-refractivity contribution in [3.63, 3.8) is 0 Å². The predicted octanol–water partition coefficient (Wildman–Crippen LogP) is 3.52. The van der Waals surface area contributed by atoms with Gasteiger partial charge in [0, 0.05) is 37.6 Å². The van der Waals surface area contributed by atoms with Crippen molar-refractivity contribution in [1.82, 2.24) is 9.91 Å². The molecule has 0 radical (unpaired) electrons. The third-order valence-corrected chi connectivity index (χ3v) is 5.51. The Balaban J connectivity index is 1.93. The molecule has 1 heterocycles. The number of carbonyl (C=O) groups excluding carboxylic acids is 2. The summed E-state index contributed by atoms with van der Waals surface area (Å²) in [6.45, 7) is 2.02. The Morgan fingerprint density at radius 1 is 1.19 bits per heavy atom. The van der Waals surface area contributed by atoms with Gasteiger partial charge in [0.05, 0.1) is 25.5 Å². The van der Waals surface area contributed by atoms with E-state index in [1.54, 1.807) is 20.3 Å². The zero-order chi connectivity index (χ0) is 22.4. The number of nitrogens with zero attached hydrogens (tertiary/aromatic N) is 3. The predicted molar refractivity (Wildman–Crippen MR) is 119 cm³/mol. The van der Waals surface area contributed by atoms with Crippen molar-refractivity contribution >= 4 is 29.1 Å². The summed E-state index contributed by atoms with van der Waals surface area (Å²) in [5, 5.41) is 6.65. The van der Waals surface area contributed by atoms with Gasteiger partial charge in [-0.15, -0.1) is 0 Å². The van der Waals surface area contributed by atoms with Crippen LogP contribution in [0.2, 0.25) is 5.02 Å². The molecule has 0 unspecified atom stereocenters. The van der Waals surface area contributed by atoms with E-state index in [4.69, 9.17) is 21.1 Å². The molecule has 8 heteroatoms. The summed E-state index contributed by atoms with van der Waals surface area (Å²) < 4.78 is 10.4. The summed E-state index contributed by atoms with van der Waals surface area (Å²) >= 11 is 6.45. The monoisotopic (exact) mass is 443 g/mol. The van der Waals surface area contributed by atoms with Crippen molar-refractivity contribution in [3.8, 4) is 5.75 Å². The standard InChI is InChI=1S/C23H26ClN3O4/c1-16(28)26(11-12-30-2)15-23(29)27-22(19-9-4-5-10-20(19)24)14-21(25-27)17-7-6-8-18(13-17)31-3/h4-10,13,22H,11-12,14-15H2,1-3H3/t22-/m1/s1. The number of amides is 2. The lowest BCUT2D eigenvalue weighted by atomic mass is 9.98. The van der Waals surface area contributed by atoms with Crippen molar-refractivity contribution in [2.75, 3.05) is 33.9 Å². The Hall–Kier alpha value is -2.90. The van der Waals surface area contributed by atoms with Crippen LogP contribution < -0.4 is 4.74 Å². The SMILES string of the molecule is COCCN(CC(=O)N1N=C(c2cccc(OC)c2)C[C@@H]1c1ccccc1Cl)C(C)=O. The zero-order valence-electron chi connectivity index (χ0n) is 17.9. The number of ether oxygens (including phenoxy) is 2. The highest BCUT2D eigenvalue weighted by atomic mass is 35.5. The Morgan fingerprint density at radius 2 is 1.97 bits per heavy atom. The largest absolute Gasteiger partial charge is 0.497 e. The first kappa shape index (κ1) is 22.8. The molecule has 3 rings (SSSR count). The third-order valence-electron chi connectivity index (χ3n) is 5.17. The molecular weight excluding hydrogens is 418 g/mol. The highest BCUT2D eigenvalue weighted by Crippen LogP contribution is 2.36. The van der Waals surface area contributed by atoms with Crippen LogP contribution >= 0.6 is 11.6 Å². The minimum atomic E-state index is -0.362. The van der Waals surface area contributed by atoms with Crippen LogP contribution in [-0.2, 0) is 14.3 Å². The number of benzene rings is 2. The minimum Gasteiger partial charge on any atom is -0.497 e. The van der Waals surface area contributed by atoms with Crippen molar-refractivity contribution in [2.24, 2.45) is 5.10 Å². The van der Waals surface area contributed by atoms with Gasteiger partial charge in [-0.05, 0) is 23.8 Å². The molecule has 1 aliphatic rings. The Labute approximate surface area is 187 Å². The van der Waals surface area contributed by atoms with E-state index in [1.807, 2.05) is 42.5 Å². The van der Waals surface area contributed by atoms with Gasteiger partial charge in [-0.3, -0.25) is 9.59 Å². The van der Waals surface area contributed by atoms with Crippen LogP contribution in [0.4, 0.5) is 0 Å². The summed E-state index contributed by atoms with van der Waals surface area (Å²) in [6, 6.07) is 14.6. The molecule has 0 aliphatic carbocycles. The van der Waals surface area contributed by atoms with E-state index in [0.717, 1.165) is 16.8 Å². The van der Waals surface area contributed by atoms with Gasteiger partial charge in [0.1, 0.15) is 12.3 Å². The van der Waals surface area contributed by atoms with E-state index >= 15 is 0 Å². The summed E-state index contributed by atoms with van der Waals surface area (Å²) in [5.74, 6) is 0.228. The summed E-state index contributed by atoms with van der Waals surface area (Å²) in [5.41, 5.74) is 2.43. The second-order valence-corrected chi connectivity index (χ2v) is 7.60. The Bertz CT molecular complexity index is 979. The summed E-state index contributed by atoms with van der Waals surface area (Å²) in [7, 11) is 3.16. The zero-order valence-corrected chi connectivity index (χ0v) is 18.6. The van der Waals surface area contributed by atoms with Gasteiger partial charge in [0.15, 0.2) is 0 Å². The number of methoxy groups -OCH3 is 2. The van der Waals surface area contributed by atoms with E-state index in [2.05, 4.69) is 5.10 Å². The quantitative estimate of drug-likeness (QED) is 0.625. The Morgan fingerprint density at radius 3 is 2.65 bits per heavy atom. The number of hydrogen-bond acceptors (Lipinski definition) is 5. The molecule has 0 aromatic heterocycles. The summed E-state index contributed by atoms with van der Waals surface area (Å²) in [6.07, 6.45) is 0.501. The van der Waals surface area contributed by atoms with Crippen molar-refractivity contribution in [3.05, 3.63) is 64.7 Å². The van der Waals surface area contributed by atoms with Crippen LogP contribution in [-0.4, -0.2) is 61.4 Å². The summed E-state index contributed by atoms with van der Waals surface area (Å²) in [4.78, 5) is 26.7. The second-order valence-electron chi connectivity index (χ2n) is 7.19. The smallest absolute Gasteiger partial charge is 0.262 e. The average Bonchev–Trinajstić information content (AvgIpc) is 3.22. The van der Waals surface area contributed by atoms with Crippen LogP contribution in [0.25, 0.3) is 0 Å². The van der Waals surface area contributed by atoms with E-state index in [-0.39, 0.29) is 24.4 Å². The minimum absolute atomic E-state index is 0.0888. The van der Waals surface area contributed by atoms with Gasteiger partial charge in [-0.1, -0.05) is 41.9 Å².